The van der Waals surface area contributed by atoms with Gasteiger partial charge in [0.15, 0.2) is 11.5 Å². The quantitative estimate of drug-likeness (QED) is 0.304. The van der Waals surface area contributed by atoms with E-state index in [1.54, 1.807) is 50.0 Å². The predicted octanol–water partition coefficient (Wildman–Crippen LogP) is 4.30. The maximum absolute atomic E-state index is 13.5. The van der Waals surface area contributed by atoms with Crippen molar-refractivity contribution in [3.63, 3.8) is 0 Å². The molecular formula is C26H20FN9O. The van der Waals surface area contributed by atoms with Crippen molar-refractivity contribution in [1.82, 2.24) is 34.8 Å². The number of hydrogen-bond acceptors (Lipinski definition) is 7. The third-order valence-electron chi connectivity index (χ3n) is 6.06. The van der Waals surface area contributed by atoms with E-state index in [0.29, 0.717) is 45.7 Å². The summed E-state index contributed by atoms with van der Waals surface area (Å²) >= 11 is 0. The first-order chi connectivity index (χ1) is 18.0. The number of nitrogens with zero attached hydrogens (tertiary/aromatic N) is 6. The van der Waals surface area contributed by atoms with Crippen molar-refractivity contribution in [1.29, 1.82) is 0 Å². The van der Waals surface area contributed by atoms with Gasteiger partial charge in [0.05, 0.1) is 23.5 Å². The fourth-order valence-electron chi connectivity index (χ4n) is 4.17. The molecule has 5 aromatic heterocycles. The fourth-order valence-corrected chi connectivity index (χ4v) is 4.17. The van der Waals surface area contributed by atoms with Crippen molar-refractivity contribution < 1.29 is 9.18 Å². The molecule has 4 N–H and O–H groups in total. The molecule has 0 fully saturated rings. The molecule has 0 saturated carbocycles. The Balaban J connectivity index is 1.46. The average molecular weight is 494 g/mol. The van der Waals surface area contributed by atoms with Crippen molar-refractivity contribution in [3.8, 4) is 33.8 Å². The molecule has 5 heterocycles. The van der Waals surface area contributed by atoms with Crippen LogP contribution in [0.1, 0.15) is 13.3 Å². The Hall–Kier alpha value is -5.19. The van der Waals surface area contributed by atoms with Gasteiger partial charge in [0, 0.05) is 41.7 Å². The van der Waals surface area contributed by atoms with Crippen LogP contribution in [-0.2, 0) is 4.79 Å². The molecule has 0 unspecified atom stereocenters. The van der Waals surface area contributed by atoms with Gasteiger partial charge in [-0.05, 0) is 29.8 Å². The summed E-state index contributed by atoms with van der Waals surface area (Å²) in [7, 11) is 0. The van der Waals surface area contributed by atoms with Crippen LogP contribution in [0.5, 0.6) is 0 Å². The van der Waals surface area contributed by atoms with Crippen molar-refractivity contribution >= 4 is 33.7 Å². The smallest absolute Gasteiger partial charge is 0.224 e. The molecule has 6 rings (SSSR count). The molecule has 0 atom stereocenters. The summed E-state index contributed by atoms with van der Waals surface area (Å²) in [5.41, 5.74) is 5.93. The van der Waals surface area contributed by atoms with Gasteiger partial charge in [0.1, 0.15) is 22.5 Å². The Morgan fingerprint density at radius 3 is 2.62 bits per heavy atom. The lowest BCUT2D eigenvalue weighted by Crippen LogP contribution is -2.10. The summed E-state index contributed by atoms with van der Waals surface area (Å²) in [6, 6.07) is 9.88. The van der Waals surface area contributed by atoms with Gasteiger partial charge in [-0.25, -0.2) is 19.0 Å². The molecule has 1 aromatic carbocycles. The highest BCUT2D eigenvalue weighted by atomic mass is 19.1. The maximum atomic E-state index is 13.5. The Morgan fingerprint density at radius 1 is 1.03 bits per heavy atom. The number of fused-ring (bicyclic) bond motifs is 2. The lowest BCUT2D eigenvalue weighted by atomic mass is 10.1. The number of benzene rings is 1. The molecule has 10 nitrogen and oxygen atoms in total. The van der Waals surface area contributed by atoms with Crippen LogP contribution in [0.4, 0.5) is 10.1 Å². The number of nitrogens with two attached hydrogens (primary N) is 1. The highest BCUT2D eigenvalue weighted by molar-refractivity contribution is 5.97. The van der Waals surface area contributed by atoms with E-state index in [9.17, 15) is 9.18 Å². The molecule has 0 radical (unpaired) electrons. The van der Waals surface area contributed by atoms with Crippen molar-refractivity contribution in [3.05, 3.63) is 73.2 Å². The normalized spacial score (nSPS) is 11.3. The summed E-state index contributed by atoms with van der Waals surface area (Å²) in [5.74, 6) is 6.44. The van der Waals surface area contributed by atoms with Gasteiger partial charge in [-0.1, -0.05) is 19.1 Å². The summed E-state index contributed by atoms with van der Waals surface area (Å²) < 4.78 is 14.9. The minimum atomic E-state index is -0.325. The molecule has 1 amide bonds. The number of nitrogens with one attached hydrogen (secondary N) is 2. The zero-order valence-electron chi connectivity index (χ0n) is 19.6. The van der Waals surface area contributed by atoms with Gasteiger partial charge in [0.2, 0.25) is 5.91 Å². The first-order valence-corrected chi connectivity index (χ1v) is 11.5. The minimum Gasteiger partial charge on any atom is -0.337 e. The van der Waals surface area contributed by atoms with Crippen LogP contribution in [0.15, 0.2) is 67.4 Å². The standard InChI is InChI=1S/C26H20FN9O/c1-2-22(37)32-18-7-15(9-29-11-18)16-8-19-24(34-35-25(19)31-10-16)26-33-23-20(12-30-13-21(23)36(26)28)14-3-5-17(27)6-4-14/h3-13H,2,28H2,1H3,(H,32,37)(H,31,34,35). The van der Waals surface area contributed by atoms with Crippen molar-refractivity contribution in [2.45, 2.75) is 13.3 Å². The average Bonchev–Trinajstić information content (AvgIpc) is 3.49. The lowest BCUT2D eigenvalue weighted by Gasteiger charge is -2.06. The van der Waals surface area contributed by atoms with Gasteiger partial charge in [-0.3, -0.25) is 19.9 Å². The fraction of sp³-hybridized carbons (Fsp3) is 0.0769. The van der Waals surface area contributed by atoms with E-state index >= 15 is 0 Å². The molecule has 6 aromatic rings. The van der Waals surface area contributed by atoms with Crippen LogP contribution in [0.3, 0.4) is 0 Å². The summed E-state index contributed by atoms with van der Waals surface area (Å²) in [6.45, 7) is 1.79. The monoisotopic (exact) mass is 493 g/mol. The highest BCUT2D eigenvalue weighted by Crippen LogP contribution is 2.33. The third-order valence-corrected chi connectivity index (χ3v) is 6.06. The van der Waals surface area contributed by atoms with E-state index in [0.717, 1.165) is 22.3 Å². The van der Waals surface area contributed by atoms with E-state index in [4.69, 9.17) is 10.8 Å². The second-order valence-corrected chi connectivity index (χ2v) is 8.42. The van der Waals surface area contributed by atoms with E-state index in [1.165, 1.54) is 16.8 Å². The summed E-state index contributed by atoms with van der Waals surface area (Å²) in [6.07, 6.45) is 8.66. The van der Waals surface area contributed by atoms with Gasteiger partial charge in [-0.15, -0.1) is 0 Å². The number of aromatic amines is 1. The van der Waals surface area contributed by atoms with Gasteiger partial charge in [-0.2, -0.15) is 5.10 Å². The molecule has 0 bridgehead atoms. The maximum Gasteiger partial charge on any atom is 0.224 e. The topological polar surface area (TPSA) is 140 Å². The SMILES string of the molecule is CCC(=O)Nc1cncc(-c2cnc3[nH]nc(-c4nc5c(-c6ccc(F)cc6)cncc5n4N)c3c2)c1. The van der Waals surface area contributed by atoms with Crippen LogP contribution in [0, 0.1) is 5.82 Å². The highest BCUT2D eigenvalue weighted by Gasteiger charge is 2.20. The molecule has 0 aliphatic heterocycles. The molecule has 0 saturated heterocycles. The van der Waals surface area contributed by atoms with Crippen LogP contribution in [0.25, 0.3) is 55.8 Å². The van der Waals surface area contributed by atoms with E-state index < -0.39 is 0 Å². The van der Waals surface area contributed by atoms with E-state index in [-0.39, 0.29) is 11.7 Å². The second kappa shape index (κ2) is 8.79. The van der Waals surface area contributed by atoms with Gasteiger partial charge in [0.25, 0.3) is 0 Å². The van der Waals surface area contributed by atoms with E-state index in [2.05, 4.69) is 30.5 Å². The van der Waals surface area contributed by atoms with Crippen molar-refractivity contribution in [2.75, 3.05) is 11.2 Å². The number of nitrogen functional groups attached to an aromatic ring is 1. The number of H-pyrrole nitrogens is 1. The predicted molar refractivity (Wildman–Crippen MR) is 138 cm³/mol. The number of halogens is 1. The van der Waals surface area contributed by atoms with Crippen LogP contribution >= 0.6 is 0 Å². The number of imidazole rings is 1. The number of pyridine rings is 3. The zero-order chi connectivity index (χ0) is 25.5. The Labute approximate surface area is 209 Å². The molecule has 0 spiro atoms. The molecule has 0 aliphatic carbocycles. The zero-order valence-corrected chi connectivity index (χ0v) is 19.6. The molecule has 11 heteroatoms. The van der Waals surface area contributed by atoms with Crippen LogP contribution in [0.2, 0.25) is 0 Å². The number of carbonyl (C=O) groups excluding carboxylic acids is 1. The molecular weight excluding hydrogens is 473 g/mol. The molecule has 182 valence electrons. The Bertz CT molecular complexity index is 1790. The number of anilines is 1. The molecule has 0 aliphatic rings. The number of carbonyl (C=O) groups is 1. The Kier molecular flexibility index (Phi) is 5.29. The first-order valence-electron chi connectivity index (χ1n) is 11.5. The van der Waals surface area contributed by atoms with Gasteiger partial charge < -0.3 is 11.2 Å². The van der Waals surface area contributed by atoms with Gasteiger partial charge >= 0.3 is 0 Å². The number of aromatic nitrogens is 7. The molecule has 37 heavy (non-hydrogen) atoms. The van der Waals surface area contributed by atoms with Crippen molar-refractivity contribution in [2.24, 2.45) is 0 Å². The second-order valence-electron chi connectivity index (χ2n) is 8.42. The third kappa shape index (κ3) is 3.92. The largest absolute Gasteiger partial charge is 0.337 e. The van der Waals surface area contributed by atoms with Crippen LogP contribution < -0.4 is 11.2 Å². The summed E-state index contributed by atoms with van der Waals surface area (Å²) in [5, 5.41) is 10.9. The number of amides is 1. The minimum absolute atomic E-state index is 0.0963. The van der Waals surface area contributed by atoms with Crippen LogP contribution in [-0.4, -0.2) is 40.7 Å². The van der Waals surface area contributed by atoms with E-state index in [1.807, 2.05) is 12.1 Å². The summed E-state index contributed by atoms with van der Waals surface area (Å²) in [4.78, 5) is 29.7. The Morgan fingerprint density at radius 2 is 1.81 bits per heavy atom. The lowest BCUT2D eigenvalue weighted by molar-refractivity contribution is -0.115. The first kappa shape index (κ1) is 22.3. The number of rotatable bonds is 5. The number of hydrogen-bond donors (Lipinski definition) is 3.